The highest BCUT2D eigenvalue weighted by molar-refractivity contribution is 5.91. The molecule has 0 aromatic heterocycles. The summed E-state index contributed by atoms with van der Waals surface area (Å²) in [5.41, 5.74) is 0.657. The van der Waals surface area contributed by atoms with Gasteiger partial charge in [-0.2, -0.15) is 10.5 Å². The van der Waals surface area contributed by atoms with Gasteiger partial charge in [0.25, 0.3) is 0 Å². The fraction of sp³-hybridized carbons (Fsp3) is 0.560. The predicted octanol–water partition coefficient (Wildman–Crippen LogP) is 4.61. The number of hydrogen-bond donors (Lipinski definition) is 0. The summed E-state index contributed by atoms with van der Waals surface area (Å²) in [5, 5.41) is 20.2. The van der Waals surface area contributed by atoms with Crippen LogP contribution in [0.2, 0.25) is 0 Å². The lowest BCUT2D eigenvalue weighted by Gasteiger charge is -2.56. The number of Topliss-reactive ketones (excluding diaryl/α,β-unsaturated/α-hetero) is 1. The maximum absolute atomic E-state index is 14.1. The molecular weight excluding hydrogens is 358 g/mol. The molecule has 6 aliphatic rings. The number of hydrogen-bond acceptors (Lipinski definition) is 4. The van der Waals surface area contributed by atoms with Crippen LogP contribution in [0.25, 0.3) is 6.08 Å². The second kappa shape index (κ2) is 5.73. The molecule has 7 rings (SSSR count). The summed E-state index contributed by atoms with van der Waals surface area (Å²) in [6, 6.07) is 11.9. The first kappa shape index (κ1) is 17.3. The van der Waals surface area contributed by atoms with Crippen molar-refractivity contribution in [3.8, 4) is 12.1 Å². The highest BCUT2D eigenvalue weighted by atomic mass is 16.1. The van der Waals surface area contributed by atoms with E-state index in [9.17, 15) is 15.3 Å². The summed E-state index contributed by atoms with van der Waals surface area (Å²) in [6.45, 7) is 0. The Morgan fingerprint density at radius 3 is 2.21 bits per heavy atom. The fourth-order valence-electron chi connectivity index (χ4n) is 7.88. The molecule has 29 heavy (non-hydrogen) atoms. The van der Waals surface area contributed by atoms with Gasteiger partial charge in [0.15, 0.2) is 11.2 Å². The third kappa shape index (κ3) is 2.21. The van der Waals surface area contributed by atoms with Crippen LogP contribution in [-0.4, -0.2) is 16.7 Å². The lowest BCUT2D eigenvalue weighted by molar-refractivity contribution is -0.148. The van der Waals surface area contributed by atoms with E-state index in [0.717, 1.165) is 30.4 Å². The first-order valence-electron chi connectivity index (χ1n) is 11.0. The van der Waals surface area contributed by atoms with Crippen LogP contribution < -0.4 is 0 Å². The van der Waals surface area contributed by atoms with Crippen molar-refractivity contribution in [3.63, 3.8) is 0 Å². The number of fused-ring (bicyclic) bond motifs is 3. The number of carbonyl (C=O) groups is 1. The standard InChI is InChI=1S/C25H25N3O/c26-14-25(15-27)13-21(28-6-5-19-3-1-2-4-20(19)22(25)28)23(29)24-10-16-7-17(11-24)9-18(8-16)12-24/h1-6,16-18,21-22H,7-13H2. The molecule has 1 saturated heterocycles. The van der Waals surface area contributed by atoms with E-state index in [4.69, 9.17) is 0 Å². The highest BCUT2D eigenvalue weighted by Crippen LogP contribution is 2.62. The Bertz CT molecular complexity index is 960. The van der Waals surface area contributed by atoms with Crippen LogP contribution in [0.4, 0.5) is 0 Å². The molecule has 4 heteroatoms. The molecule has 2 heterocycles. The molecule has 0 spiro atoms. The molecule has 2 aliphatic heterocycles. The normalized spacial score (nSPS) is 40.1. The van der Waals surface area contributed by atoms with E-state index >= 15 is 0 Å². The largest absolute Gasteiger partial charge is 0.358 e. The maximum atomic E-state index is 14.1. The lowest BCUT2D eigenvalue weighted by Crippen LogP contribution is -2.54. The second-order valence-electron chi connectivity index (χ2n) is 10.3. The monoisotopic (exact) mass is 383 g/mol. The highest BCUT2D eigenvalue weighted by Gasteiger charge is 2.62. The quantitative estimate of drug-likeness (QED) is 0.748. The van der Waals surface area contributed by atoms with Crippen molar-refractivity contribution in [2.75, 3.05) is 0 Å². The van der Waals surface area contributed by atoms with Crippen LogP contribution in [-0.2, 0) is 4.79 Å². The van der Waals surface area contributed by atoms with Crippen LogP contribution in [0.3, 0.4) is 0 Å². The molecule has 0 N–H and O–H groups in total. The summed E-state index contributed by atoms with van der Waals surface area (Å²) >= 11 is 0. The lowest BCUT2D eigenvalue weighted by atomic mass is 9.48. The Morgan fingerprint density at radius 1 is 0.966 bits per heavy atom. The molecule has 2 atom stereocenters. The summed E-state index contributed by atoms with van der Waals surface area (Å²) in [4.78, 5) is 16.2. The van der Waals surface area contributed by atoms with Gasteiger partial charge in [-0.25, -0.2) is 0 Å². The third-order valence-corrected chi connectivity index (χ3v) is 8.62. The van der Waals surface area contributed by atoms with Crippen molar-refractivity contribution < 1.29 is 4.79 Å². The zero-order chi connectivity index (χ0) is 19.8. The molecule has 4 aliphatic carbocycles. The molecule has 0 amide bonds. The molecule has 4 bridgehead atoms. The Hall–Kier alpha value is -2.59. The van der Waals surface area contributed by atoms with Crippen molar-refractivity contribution in [3.05, 3.63) is 41.6 Å². The van der Waals surface area contributed by atoms with E-state index in [-0.39, 0.29) is 17.5 Å². The Balaban J connectivity index is 1.42. The van der Waals surface area contributed by atoms with Crippen molar-refractivity contribution >= 4 is 11.9 Å². The van der Waals surface area contributed by atoms with Crippen molar-refractivity contribution in [1.82, 2.24) is 4.90 Å². The minimum absolute atomic E-state index is 0.213. The number of benzene rings is 1. The van der Waals surface area contributed by atoms with Crippen molar-refractivity contribution in [1.29, 1.82) is 10.5 Å². The van der Waals surface area contributed by atoms with E-state index in [1.54, 1.807) is 0 Å². The number of ketones is 1. The first-order valence-corrected chi connectivity index (χ1v) is 11.0. The van der Waals surface area contributed by atoms with Crippen LogP contribution in [0, 0.1) is 51.2 Å². The first-order chi connectivity index (χ1) is 14.1. The molecule has 1 aromatic rings. The van der Waals surface area contributed by atoms with Gasteiger partial charge in [-0.3, -0.25) is 4.79 Å². The van der Waals surface area contributed by atoms with Crippen LogP contribution in [0.1, 0.15) is 62.1 Å². The third-order valence-electron chi connectivity index (χ3n) is 8.62. The van der Waals surface area contributed by atoms with Crippen LogP contribution in [0.5, 0.6) is 0 Å². The van der Waals surface area contributed by atoms with Crippen LogP contribution in [0.15, 0.2) is 30.5 Å². The molecule has 1 aromatic carbocycles. The van der Waals surface area contributed by atoms with Gasteiger partial charge in [0.05, 0.1) is 24.2 Å². The second-order valence-corrected chi connectivity index (χ2v) is 10.3. The SMILES string of the molecule is N#CC1(C#N)CC(C(=O)C23CC4CC(CC(C4)C2)C3)N2C=Cc3ccccc3C21. The van der Waals surface area contributed by atoms with Gasteiger partial charge >= 0.3 is 0 Å². The molecule has 2 unspecified atom stereocenters. The van der Waals surface area contributed by atoms with E-state index in [0.29, 0.717) is 30.0 Å². The number of nitriles is 2. The predicted molar refractivity (Wildman–Crippen MR) is 108 cm³/mol. The van der Waals surface area contributed by atoms with Gasteiger partial charge in [0.2, 0.25) is 0 Å². The van der Waals surface area contributed by atoms with Crippen molar-refractivity contribution in [2.24, 2.45) is 28.6 Å². The molecule has 146 valence electrons. The van der Waals surface area contributed by atoms with Gasteiger partial charge < -0.3 is 4.90 Å². The van der Waals surface area contributed by atoms with Gasteiger partial charge in [0.1, 0.15) is 0 Å². The molecule has 4 saturated carbocycles. The Labute approximate surface area is 171 Å². The maximum Gasteiger partial charge on any atom is 0.170 e. The van der Waals surface area contributed by atoms with E-state index in [1.165, 1.54) is 19.3 Å². The molecule has 0 radical (unpaired) electrons. The average molecular weight is 383 g/mol. The molecular formula is C25H25N3O. The van der Waals surface area contributed by atoms with Crippen LogP contribution >= 0.6 is 0 Å². The van der Waals surface area contributed by atoms with Gasteiger partial charge in [-0.05, 0) is 73.5 Å². The smallest absolute Gasteiger partial charge is 0.170 e. The van der Waals surface area contributed by atoms with Gasteiger partial charge in [0, 0.05) is 18.0 Å². The topological polar surface area (TPSA) is 67.9 Å². The van der Waals surface area contributed by atoms with E-state index in [1.807, 2.05) is 36.5 Å². The average Bonchev–Trinajstić information content (AvgIpc) is 3.08. The van der Waals surface area contributed by atoms with E-state index < -0.39 is 5.41 Å². The van der Waals surface area contributed by atoms with Gasteiger partial charge in [-0.15, -0.1) is 0 Å². The zero-order valence-corrected chi connectivity index (χ0v) is 16.6. The number of nitrogens with zero attached hydrogens (tertiary/aromatic N) is 3. The van der Waals surface area contributed by atoms with E-state index in [2.05, 4.69) is 17.0 Å². The fourth-order valence-corrected chi connectivity index (χ4v) is 7.88. The Morgan fingerprint density at radius 2 is 1.59 bits per heavy atom. The summed E-state index contributed by atoms with van der Waals surface area (Å²) < 4.78 is 0. The molecule has 4 nitrogen and oxygen atoms in total. The molecule has 5 fully saturated rings. The Kier molecular flexibility index (Phi) is 3.41. The summed E-state index contributed by atoms with van der Waals surface area (Å²) in [5.74, 6) is 2.43. The van der Waals surface area contributed by atoms with Gasteiger partial charge in [-0.1, -0.05) is 24.3 Å². The summed E-state index contributed by atoms with van der Waals surface area (Å²) in [6.07, 6.45) is 11.3. The zero-order valence-electron chi connectivity index (χ0n) is 16.6. The summed E-state index contributed by atoms with van der Waals surface area (Å²) in [7, 11) is 0. The number of carbonyl (C=O) groups excluding carboxylic acids is 1. The minimum atomic E-state index is -1.18. The van der Waals surface area contributed by atoms with Crippen molar-refractivity contribution in [2.45, 2.75) is 57.0 Å². The minimum Gasteiger partial charge on any atom is -0.358 e. The number of rotatable bonds is 2.